The number of nitrogens with two attached hydrogens (primary N) is 1. The van der Waals surface area contributed by atoms with Crippen molar-refractivity contribution in [3.63, 3.8) is 0 Å². The summed E-state index contributed by atoms with van der Waals surface area (Å²) in [6.07, 6.45) is 0.356. The lowest BCUT2D eigenvalue weighted by molar-refractivity contribution is -0.125. The SMILES string of the molecule is NC1COCC1C(=O)NC1CNC(=O)C1. The minimum absolute atomic E-state index is 0.0210. The molecule has 0 bridgehead atoms. The van der Waals surface area contributed by atoms with Gasteiger partial charge in [0.2, 0.25) is 11.8 Å². The molecule has 6 heteroatoms. The average Bonchev–Trinajstić information content (AvgIpc) is 2.75. The second-order valence-corrected chi connectivity index (χ2v) is 4.02. The van der Waals surface area contributed by atoms with Crippen LogP contribution in [-0.4, -0.2) is 43.7 Å². The Morgan fingerprint density at radius 2 is 2.33 bits per heavy atom. The highest BCUT2D eigenvalue weighted by molar-refractivity contribution is 5.83. The Morgan fingerprint density at radius 3 is 2.87 bits per heavy atom. The summed E-state index contributed by atoms with van der Waals surface area (Å²) in [5.74, 6) is -0.408. The van der Waals surface area contributed by atoms with Crippen molar-refractivity contribution in [3.8, 4) is 0 Å². The van der Waals surface area contributed by atoms with Gasteiger partial charge in [-0.15, -0.1) is 0 Å². The summed E-state index contributed by atoms with van der Waals surface area (Å²) in [6.45, 7) is 1.31. The van der Waals surface area contributed by atoms with Crippen molar-refractivity contribution in [2.45, 2.75) is 18.5 Å². The molecule has 0 saturated carbocycles. The predicted octanol–water partition coefficient (Wildman–Crippen LogP) is -2.04. The maximum absolute atomic E-state index is 11.7. The number of ether oxygens (including phenoxy) is 1. The molecular formula is C9H15N3O3. The molecule has 84 valence electrons. The summed E-state index contributed by atoms with van der Waals surface area (Å²) >= 11 is 0. The number of hydrogen-bond donors (Lipinski definition) is 3. The molecule has 0 aliphatic carbocycles. The van der Waals surface area contributed by atoms with E-state index in [0.717, 1.165) is 0 Å². The molecule has 2 aliphatic rings. The van der Waals surface area contributed by atoms with Gasteiger partial charge in [-0.05, 0) is 0 Å². The van der Waals surface area contributed by atoms with Crippen molar-refractivity contribution in [2.75, 3.05) is 19.8 Å². The van der Waals surface area contributed by atoms with E-state index in [9.17, 15) is 9.59 Å². The van der Waals surface area contributed by atoms with E-state index in [0.29, 0.717) is 26.2 Å². The maximum Gasteiger partial charge on any atom is 0.227 e. The van der Waals surface area contributed by atoms with Crippen LogP contribution in [0.5, 0.6) is 0 Å². The van der Waals surface area contributed by atoms with Crippen molar-refractivity contribution in [1.29, 1.82) is 0 Å². The Hall–Kier alpha value is -1.14. The van der Waals surface area contributed by atoms with Crippen LogP contribution in [0.4, 0.5) is 0 Å². The smallest absolute Gasteiger partial charge is 0.227 e. The fraction of sp³-hybridized carbons (Fsp3) is 0.778. The first-order valence-electron chi connectivity index (χ1n) is 5.07. The molecule has 0 aromatic rings. The van der Waals surface area contributed by atoms with Gasteiger partial charge in [0.15, 0.2) is 0 Å². The Morgan fingerprint density at radius 1 is 1.53 bits per heavy atom. The van der Waals surface area contributed by atoms with Crippen LogP contribution < -0.4 is 16.4 Å². The van der Waals surface area contributed by atoms with E-state index in [1.54, 1.807) is 0 Å². The first-order chi connectivity index (χ1) is 7.16. The molecule has 6 nitrogen and oxygen atoms in total. The number of hydrogen-bond acceptors (Lipinski definition) is 4. The van der Waals surface area contributed by atoms with Gasteiger partial charge in [0.05, 0.1) is 25.2 Å². The molecule has 2 rings (SSSR count). The predicted molar refractivity (Wildman–Crippen MR) is 51.8 cm³/mol. The first-order valence-corrected chi connectivity index (χ1v) is 5.07. The highest BCUT2D eigenvalue weighted by atomic mass is 16.5. The number of rotatable bonds is 2. The van der Waals surface area contributed by atoms with Crippen LogP contribution >= 0.6 is 0 Å². The zero-order valence-electron chi connectivity index (χ0n) is 8.36. The summed E-state index contributed by atoms with van der Waals surface area (Å²) < 4.78 is 5.11. The number of amides is 2. The maximum atomic E-state index is 11.7. The van der Waals surface area contributed by atoms with Crippen LogP contribution in [0.2, 0.25) is 0 Å². The molecular weight excluding hydrogens is 198 g/mol. The minimum Gasteiger partial charge on any atom is -0.379 e. The lowest BCUT2D eigenvalue weighted by atomic mass is 10.0. The monoisotopic (exact) mass is 213 g/mol. The number of nitrogens with one attached hydrogen (secondary N) is 2. The van der Waals surface area contributed by atoms with Gasteiger partial charge in [-0.25, -0.2) is 0 Å². The Kier molecular flexibility index (Phi) is 2.88. The first kappa shape index (κ1) is 10.4. The van der Waals surface area contributed by atoms with E-state index in [-0.39, 0.29) is 29.8 Å². The zero-order chi connectivity index (χ0) is 10.8. The van der Waals surface area contributed by atoms with E-state index < -0.39 is 0 Å². The lowest BCUT2D eigenvalue weighted by Gasteiger charge is -2.16. The van der Waals surface area contributed by atoms with E-state index in [1.807, 2.05) is 0 Å². The fourth-order valence-electron chi connectivity index (χ4n) is 1.86. The largest absolute Gasteiger partial charge is 0.379 e. The Labute approximate surface area is 87.5 Å². The molecule has 2 saturated heterocycles. The molecule has 2 heterocycles. The highest BCUT2D eigenvalue weighted by Gasteiger charge is 2.33. The fourth-order valence-corrected chi connectivity index (χ4v) is 1.86. The van der Waals surface area contributed by atoms with Crippen molar-refractivity contribution in [2.24, 2.45) is 11.7 Å². The van der Waals surface area contributed by atoms with Crippen LogP contribution in [0.1, 0.15) is 6.42 Å². The number of carbonyl (C=O) groups is 2. The van der Waals surface area contributed by atoms with Crippen molar-refractivity contribution in [1.82, 2.24) is 10.6 Å². The van der Waals surface area contributed by atoms with Crippen LogP contribution in [0.25, 0.3) is 0 Å². The van der Waals surface area contributed by atoms with Gasteiger partial charge in [0.25, 0.3) is 0 Å². The van der Waals surface area contributed by atoms with E-state index in [1.165, 1.54) is 0 Å². The van der Waals surface area contributed by atoms with Gasteiger partial charge in [-0.3, -0.25) is 9.59 Å². The van der Waals surface area contributed by atoms with Crippen molar-refractivity contribution < 1.29 is 14.3 Å². The van der Waals surface area contributed by atoms with Gasteiger partial charge in [-0.1, -0.05) is 0 Å². The Balaban J connectivity index is 1.84. The lowest BCUT2D eigenvalue weighted by Crippen LogP contribution is -2.45. The normalized spacial score (nSPS) is 35.3. The molecule has 15 heavy (non-hydrogen) atoms. The summed E-state index contributed by atoms with van der Waals surface area (Å²) in [7, 11) is 0. The quantitative estimate of drug-likeness (QED) is 0.493. The van der Waals surface area contributed by atoms with Gasteiger partial charge < -0.3 is 21.1 Å². The van der Waals surface area contributed by atoms with Gasteiger partial charge in [0, 0.05) is 19.0 Å². The second-order valence-electron chi connectivity index (χ2n) is 4.02. The van der Waals surface area contributed by atoms with E-state index in [2.05, 4.69) is 10.6 Å². The van der Waals surface area contributed by atoms with Crippen LogP contribution in [0.15, 0.2) is 0 Å². The van der Waals surface area contributed by atoms with Crippen molar-refractivity contribution in [3.05, 3.63) is 0 Å². The summed E-state index contributed by atoms with van der Waals surface area (Å²) in [5, 5.41) is 5.46. The molecule has 2 amide bonds. The van der Waals surface area contributed by atoms with Gasteiger partial charge in [-0.2, -0.15) is 0 Å². The summed E-state index contributed by atoms with van der Waals surface area (Å²) in [4.78, 5) is 22.6. The van der Waals surface area contributed by atoms with Gasteiger partial charge in [0.1, 0.15) is 0 Å². The molecule has 0 aromatic heterocycles. The third-order valence-electron chi connectivity index (χ3n) is 2.79. The molecule has 0 spiro atoms. The molecule has 0 radical (unpaired) electrons. The molecule has 3 unspecified atom stereocenters. The Bertz CT molecular complexity index is 282. The highest BCUT2D eigenvalue weighted by Crippen LogP contribution is 2.12. The molecule has 2 fully saturated rings. The van der Waals surface area contributed by atoms with Crippen molar-refractivity contribution >= 4 is 11.8 Å². The zero-order valence-corrected chi connectivity index (χ0v) is 8.36. The molecule has 3 atom stereocenters. The number of carbonyl (C=O) groups excluding carboxylic acids is 2. The average molecular weight is 213 g/mol. The van der Waals surface area contributed by atoms with E-state index >= 15 is 0 Å². The summed E-state index contributed by atoms with van der Waals surface area (Å²) in [6, 6.07) is -0.326. The van der Waals surface area contributed by atoms with Crippen LogP contribution in [0, 0.1) is 5.92 Å². The molecule has 4 N–H and O–H groups in total. The van der Waals surface area contributed by atoms with Crippen LogP contribution in [0.3, 0.4) is 0 Å². The van der Waals surface area contributed by atoms with E-state index in [4.69, 9.17) is 10.5 Å². The van der Waals surface area contributed by atoms with Crippen LogP contribution in [-0.2, 0) is 14.3 Å². The second kappa shape index (κ2) is 4.16. The topological polar surface area (TPSA) is 93.4 Å². The molecule has 0 aromatic carbocycles. The summed E-state index contributed by atoms with van der Waals surface area (Å²) in [5.41, 5.74) is 5.71. The third kappa shape index (κ3) is 2.27. The minimum atomic E-state index is -0.277. The third-order valence-corrected chi connectivity index (χ3v) is 2.79. The van der Waals surface area contributed by atoms with Gasteiger partial charge >= 0.3 is 0 Å². The standard InChI is InChI=1S/C9H15N3O3/c10-7-4-15-3-6(7)9(14)12-5-1-8(13)11-2-5/h5-7H,1-4,10H2,(H,11,13)(H,12,14). The molecule has 2 aliphatic heterocycles.